The summed E-state index contributed by atoms with van der Waals surface area (Å²) in [7, 11) is 1.85. The molecule has 2 aromatic rings. The van der Waals surface area contributed by atoms with Gasteiger partial charge in [-0.1, -0.05) is 0 Å². The number of carbonyl (C=O) groups excluding carboxylic acids is 1. The Morgan fingerprint density at radius 1 is 1.57 bits per heavy atom. The van der Waals surface area contributed by atoms with Gasteiger partial charge in [-0.05, 0) is 6.92 Å². The van der Waals surface area contributed by atoms with E-state index in [0.29, 0.717) is 12.1 Å². The van der Waals surface area contributed by atoms with Crippen molar-refractivity contribution in [3.05, 3.63) is 23.9 Å². The standard InChI is InChI=1S/C9H10N4O/c1-6-7(4-13(2)12-6)8-3-10-9(5-14)11-8/h3-5H,1-2H3,(H,10,11). The quantitative estimate of drug-likeness (QED) is 0.716. The minimum absolute atomic E-state index is 0.336. The fourth-order valence-electron chi connectivity index (χ4n) is 1.40. The predicted octanol–water partition coefficient (Wildman–Crippen LogP) is 0.931. The predicted molar refractivity (Wildman–Crippen MR) is 50.9 cm³/mol. The molecule has 0 fully saturated rings. The molecule has 1 N–H and O–H groups in total. The van der Waals surface area contributed by atoms with Crippen LogP contribution in [0.4, 0.5) is 0 Å². The minimum Gasteiger partial charge on any atom is -0.336 e. The molecule has 0 radical (unpaired) electrons. The van der Waals surface area contributed by atoms with E-state index in [9.17, 15) is 4.79 Å². The first-order valence-electron chi connectivity index (χ1n) is 4.21. The maximum Gasteiger partial charge on any atom is 0.185 e. The van der Waals surface area contributed by atoms with Crippen molar-refractivity contribution >= 4 is 6.29 Å². The second-order valence-electron chi connectivity index (χ2n) is 3.10. The number of aryl methyl sites for hydroxylation is 2. The fraction of sp³-hybridized carbons (Fsp3) is 0.222. The summed E-state index contributed by atoms with van der Waals surface area (Å²) in [6.45, 7) is 1.91. The summed E-state index contributed by atoms with van der Waals surface area (Å²) in [6.07, 6.45) is 4.21. The van der Waals surface area contributed by atoms with Crippen LogP contribution >= 0.6 is 0 Å². The Labute approximate surface area is 80.8 Å². The van der Waals surface area contributed by atoms with Crippen molar-refractivity contribution < 1.29 is 4.79 Å². The highest BCUT2D eigenvalue weighted by atomic mass is 16.1. The van der Waals surface area contributed by atoms with Crippen LogP contribution in [-0.2, 0) is 7.05 Å². The van der Waals surface area contributed by atoms with E-state index in [-0.39, 0.29) is 0 Å². The molecule has 0 aromatic carbocycles. The average Bonchev–Trinajstić information content (AvgIpc) is 2.71. The molecule has 5 heteroatoms. The van der Waals surface area contributed by atoms with E-state index in [4.69, 9.17) is 0 Å². The highest BCUT2D eigenvalue weighted by molar-refractivity contribution is 5.72. The molecule has 0 saturated heterocycles. The molecule has 0 unspecified atom stereocenters. The Morgan fingerprint density at radius 3 is 2.86 bits per heavy atom. The number of imidazole rings is 1. The van der Waals surface area contributed by atoms with Crippen LogP contribution in [-0.4, -0.2) is 26.0 Å². The van der Waals surface area contributed by atoms with Gasteiger partial charge in [-0.25, -0.2) is 4.98 Å². The van der Waals surface area contributed by atoms with E-state index in [1.54, 1.807) is 10.9 Å². The van der Waals surface area contributed by atoms with E-state index < -0.39 is 0 Å². The van der Waals surface area contributed by atoms with Crippen LogP contribution in [0.5, 0.6) is 0 Å². The number of aromatic nitrogens is 4. The number of hydrogen-bond donors (Lipinski definition) is 1. The average molecular weight is 190 g/mol. The minimum atomic E-state index is 0.336. The number of aldehydes is 1. The van der Waals surface area contributed by atoms with Gasteiger partial charge in [-0.3, -0.25) is 9.48 Å². The number of rotatable bonds is 2. The van der Waals surface area contributed by atoms with Gasteiger partial charge in [-0.2, -0.15) is 5.10 Å². The molecular weight excluding hydrogens is 180 g/mol. The molecule has 72 valence electrons. The van der Waals surface area contributed by atoms with Crippen molar-refractivity contribution in [2.24, 2.45) is 7.05 Å². The first-order valence-corrected chi connectivity index (χ1v) is 4.21. The second-order valence-corrected chi connectivity index (χ2v) is 3.10. The van der Waals surface area contributed by atoms with Gasteiger partial charge in [0.2, 0.25) is 0 Å². The molecule has 2 heterocycles. The summed E-state index contributed by atoms with van der Waals surface area (Å²) < 4.78 is 1.73. The maximum absolute atomic E-state index is 10.4. The van der Waals surface area contributed by atoms with Crippen LogP contribution in [0.3, 0.4) is 0 Å². The highest BCUT2D eigenvalue weighted by Crippen LogP contribution is 2.19. The Balaban J connectivity index is 2.48. The van der Waals surface area contributed by atoms with Crippen LogP contribution < -0.4 is 0 Å². The Hall–Kier alpha value is -1.91. The largest absolute Gasteiger partial charge is 0.336 e. The van der Waals surface area contributed by atoms with E-state index in [1.165, 1.54) is 0 Å². The van der Waals surface area contributed by atoms with Crippen molar-refractivity contribution in [2.45, 2.75) is 6.92 Å². The van der Waals surface area contributed by atoms with Gasteiger partial charge in [0, 0.05) is 18.8 Å². The zero-order valence-corrected chi connectivity index (χ0v) is 7.98. The van der Waals surface area contributed by atoms with E-state index in [1.807, 2.05) is 20.2 Å². The van der Waals surface area contributed by atoms with Gasteiger partial charge >= 0.3 is 0 Å². The van der Waals surface area contributed by atoms with E-state index in [0.717, 1.165) is 17.0 Å². The lowest BCUT2D eigenvalue weighted by atomic mass is 10.2. The fourth-order valence-corrected chi connectivity index (χ4v) is 1.40. The number of H-pyrrole nitrogens is 1. The number of aromatic amines is 1. The summed E-state index contributed by atoms with van der Waals surface area (Å²) >= 11 is 0. The molecule has 0 spiro atoms. The molecule has 0 aliphatic rings. The van der Waals surface area contributed by atoms with Gasteiger partial charge in [0.25, 0.3) is 0 Å². The van der Waals surface area contributed by atoms with Crippen LogP contribution in [0.15, 0.2) is 12.4 Å². The van der Waals surface area contributed by atoms with Crippen LogP contribution in [0.25, 0.3) is 11.3 Å². The SMILES string of the molecule is Cc1nn(C)cc1-c1cnc(C=O)[nH]1. The number of hydrogen-bond acceptors (Lipinski definition) is 3. The van der Waals surface area contributed by atoms with Crippen LogP contribution in [0.2, 0.25) is 0 Å². The topological polar surface area (TPSA) is 63.6 Å². The van der Waals surface area contributed by atoms with Gasteiger partial charge in [0.1, 0.15) is 0 Å². The lowest BCUT2D eigenvalue weighted by Gasteiger charge is -1.90. The smallest absolute Gasteiger partial charge is 0.185 e. The lowest BCUT2D eigenvalue weighted by molar-refractivity contribution is 0.111. The van der Waals surface area contributed by atoms with Crippen LogP contribution in [0.1, 0.15) is 16.3 Å². The Bertz CT molecular complexity index is 469. The van der Waals surface area contributed by atoms with Crippen molar-refractivity contribution in [3.8, 4) is 11.3 Å². The van der Waals surface area contributed by atoms with E-state index in [2.05, 4.69) is 15.1 Å². The maximum atomic E-state index is 10.4. The molecular formula is C9H10N4O. The van der Waals surface area contributed by atoms with Gasteiger partial charge in [-0.15, -0.1) is 0 Å². The zero-order chi connectivity index (χ0) is 10.1. The first-order chi connectivity index (χ1) is 6.70. The summed E-state index contributed by atoms with van der Waals surface area (Å²) in [5, 5.41) is 4.20. The number of nitrogens with zero attached hydrogens (tertiary/aromatic N) is 3. The summed E-state index contributed by atoms with van der Waals surface area (Å²) in [5.74, 6) is 0.336. The molecule has 0 amide bonds. The van der Waals surface area contributed by atoms with Crippen molar-refractivity contribution in [2.75, 3.05) is 0 Å². The third-order valence-electron chi connectivity index (χ3n) is 2.01. The molecule has 0 aliphatic carbocycles. The van der Waals surface area contributed by atoms with Gasteiger partial charge < -0.3 is 4.98 Å². The monoisotopic (exact) mass is 190 g/mol. The lowest BCUT2D eigenvalue weighted by Crippen LogP contribution is -1.86. The number of nitrogens with one attached hydrogen (secondary N) is 1. The Morgan fingerprint density at radius 2 is 2.36 bits per heavy atom. The van der Waals surface area contributed by atoms with E-state index >= 15 is 0 Å². The second kappa shape index (κ2) is 3.10. The molecule has 2 aromatic heterocycles. The summed E-state index contributed by atoms with van der Waals surface area (Å²) in [4.78, 5) is 17.2. The summed E-state index contributed by atoms with van der Waals surface area (Å²) in [6, 6.07) is 0. The molecule has 14 heavy (non-hydrogen) atoms. The summed E-state index contributed by atoms with van der Waals surface area (Å²) in [5.41, 5.74) is 2.69. The van der Waals surface area contributed by atoms with Crippen molar-refractivity contribution in [1.29, 1.82) is 0 Å². The third kappa shape index (κ3) is 1.32. The first kappa shape index (κ1) is 8.68. The normalized spacial score (nSPS) is 10.4. The number of carbonyl (C=O) groups is 1. The van der Waals surface area contributed by atoms with Gasteiger partial charge in [0.15, 0.2) is 12.1 Å². The van der Waals surface area contributed by atoms with Crippen molar-refractivity contribution in [3.63, 3.8) is 0 Å². The molecule has 0 bridgehead atoms. The van der Waals surface area contributed by atoms with Crippen LogP contribution in [0, 0.1) is 6.92 Å². The molecule has 0 atom stereocenters. The Kier molecular flexibility index (Phi) is 1.92. The molecule has 5 nitrogen and oxygen atoms in total. The van der Waals surface area contributed by atoms with Gasteiger partial charge in [0.05, 0.1) is 17.6 Å². The highest BCUT2D eigenvalue weighted by Gasteiger charge is 2.08. The zero-order valence-electron chi connectivity index (χ0n) is 7.98. The molecule has 0 saturated carbocycles. The molecule has 2 rings (SSSR count). The molecule has 0 aliphatic heterocycles. The third-order valence-corrected chi connectivity index (χ3v) is 2.01. The van der Waals surface area contributed by atoms with Crippen molar-refractivity contribution in [1.82, 2.24) is 19.7 Å².